The van der Waals surface area contributed by atoms with E-state index in [9.17, 15) is 0 Å². The molecule has 0 N–H and O–H groups in total. The van der Waals surface area contributed by atoms with Gasteiger partial charge in [-0.25, -0.2) is 0 Å². The van der Waals surface area contributed by atoms with Gasteiger partial charge >= 0.3 is 0 Å². The van der Waals surface area contributed by atoms with E-state index in [-0.39, 0.29) is 0 Å². The second-order valence-electron chi connectivity index (χ2n) is 4.66. The largest absolute Gasteiger partial charge is 0.354 e. The van der Waals surface area contributed by atoms with Crippen LogP contribution in [0.5, 0.6) is 0 Å². The molecule has 3 aromatic rings. The molecule has 0 aliphatic carbocycles. The summed E-state index contributed by atoms with van der Waals surface area (Å²) in [5.74, 6) is 0. The highest BCUT2D eigenvalue weighted by atomic mass is 127. The summed E-state index contributed by atoms with van der Waals surface area (Å²) in [5.41, 5.74) is 4.04. The Morgan fingerprint density at radius 2 is 1.89 bits per heavy atom. The number of fused-ring (bicyclic) bond motifs is 1. The number of hydrogen-bond acceptors (Lipinski definition) is 0. The molecule has 0 spiro atoms. The Morgan fingerprint density at radius 1 is 1.06 bits per heavy atom. The van der Waals surface area contributed by atoms with Gasteiger partial charge in [0.1, 0.15) is 0 Å². The third-order valence-electron chi connectivity index (χ3n) is 3.52. The number of halogens is 1. The quantitative estimate of drug-likeness (QED) is 0.624. The number of nitrogens with zero attached hydrogens (tertiary/aromatic N) is 2. The molecule has 0 saturated carbocycles. The molecule has 3 heteroatoms. The first-order valence-electron chi connectivity index (χ1n) is 6.00. The molecule has 2 nitrogen and oxygen atoms in total. The zero-order valence-corrected chi connectivity index (χ0v) is 12.7. The van der Waals surface area contributed by atoms with Gasteiger partial charge in [-0.05, 0) is 46.9 Å². The Hall–Kier alpha value is -1.23. The maximum Gasteiger partial charge on any atom is 0.0615 e. The normalized spacial score (nSPS) is 11.3. The SMILES string of the molecule is Cn1cccc1Cc1cc2cccc(I)c2n1C. The van der Waals surface area contributed by atoms with E-state index < -0.39 is 0 Å². The molecule has 0 atom stereocenters. The molecule has 18 heavy (non-hydrogen) atoms. The summed E-state index contributed by atoms with van der Waals surface area (Å²) in [6.07, 6.45) is 3.08. The van der Waals surface area contributed by atoms with Crippen molar-refractivity contribution in [2.24, 2.45) is 14.1 Å². The molecular weight excluding hydrogens is 335 g/mol. The summed E-state index contributed by atoms with van der Waals surface area (Å²) in [7, 11) is 4.25. The topological polar surface area (TPSA) is 9.86 Å². The third kappa shape index (κ3) is 1.86. The maximum absolute atomic E-state index is 2.41. The van der Waals surface area contributed by atoms with E-state index >= 15 is 0 Å². The lowest BCUT2D eigenvalue weighted by atomic mass is 10.2. The molecule has 2 heterocycles. The number of aromatic nitrogens is 2. The van der Waals surface area contributed by atoms with Crippen molar-refractivity contribution in [1.82, 2.24) is 9.13 Å². The molecule has 0 radical (unpaired) electrons. The monoisotopic (exact) mass is 350 g/mol. The minimum Gasteiger partial charge on any atom is -0.354 e. The summed E-state index contributed by atoms with van der Waals surface area (Å²) in [4.78, 5) is 0. The second kappa shape index (κ2) is 4.46. The molecule has 0 amide bonds. The lowest BCUT2D eigenvalue weighted by Gasteiger charge is -2.06. The Kier molecular flexibility index (Phi) is 2.93. The van der Waals surface area contributed by atoms with Gasteiger partial charge in [-0.1, -0.05) is 12.1 Å². The van der Waals surface area contributed by atoms with Crippen LogP contribution in [0.1, 0.15) is 11.4 Å². The highest BCUT2D eigenvalue weighted by Crippen LogP contribution is 2.25. The van der Waals surface area contributed by atoms with Crippen LogP contribution in [0, 0.1) is 3.57 Å². The van der Waals surface area contributed by atoms with Crippen LogP contribution in [0.2, 0.25) is 0 Å². The average molecular weight is 350 g/mol. The fourth-order valence-corrected chi connectivity index (χ4v) is 3.34. The molecule has 0 bridgehead atoms. The van der Waals surface area contributed by atoms with Crippen LogP contribution in [0.15, 0.2) is 42.6 Å². The van der Waals surface area contributed by atoms with E-state index in [1.54, 1.807) is 0 Å². The lowest BCUT2D eigenvalue weighted by Crippen LogP contribution is -2.01. The van der Waals surface area contributed by atoms with Crippen molar-refractivity contribution in [3.8, 4) is 0 Å². The molecule has 0 aliphatic rings. The lowest BCUT2D eigenvalue weighted by molar-refractivity contribution is 0.807. The van der Waals surface area contributed by atoms with Crippen LogP contribution >= 0.6 is 22.6 Å². The van der Waals surface area contributed by atoms with Gasteiger partial charge in [-0.2, -0.15) is 0 Å². The summed E-state index contributed by atoms with van der Waals surface area (Å²) in [5, 5.41) is 1.33. The Morgan fingerprint density at radius 3 is 2.56 bits per heavy atom. The van der Waals surface area contributed by atoms with E-state index in [0.717, 1.165) is 6.42 Å². The molecular formula is C15H15IN2. The second-order valence-corrected chi connectivity index (χ2v) is 5.82. The predicted octanol–water partition coefficient (Wildman–Crippen LogP) is 3.71. The zero-order chi connectivity index (χ0) is 12.7. The van der Waals surface area contributed by atoms with E-state index in [1.807, 2.05) is 0 Å². The van der Waals surface area contributed by atoms with Gasteiger partial charge in [-0.15, -0.1) is 0 Å². The molecule has 3 rings (SSSR count). The number of benzene rings is 1. The molecule has 0 aliphatic heterocycles. The Balaban J connectivity index is 2.11. The number of aryl methyl sites for hydroxylation is 2. The van der Waals surface area contributed by atoms with Gasteiger partial charge in [0, 0.05) is 47.1 Å². The highest BCUT2D eigenvalue weighted by molar-refractivity contribution is 14.1. The van der Waals surface area contributed by atoms with Gasteiger partial charge in [0.25, 0.3) is 0 Å². The fraction of sp³-hybridized carbons (Fsp3) is 0.200. The first kappa shape index (κ1) is 11.8. The van der Waals surface area contributed by atoms with Crippen molar-refractivity contribution < 1.29 is 0 Å². The van der Waals surface area contributed by atoms with Crippen LogP contribution < -0.4 is 0 Å². The highest BCUT2D eigenvalue weighted by Gasteiger charge is 2.09. The van der Waals surface area contributed by atoms with E-state index in [0.29, 0.717) is 0 Å². The van der Waals surface area contributed by atoms with Crippen molar-refractivity contribution in [3.05, 3.63) is 57.6 Å². The first-order valence-corrected chi connectivity index (χ1v) is 7.07. The number of hydrogen-bond donors (Lipinski definition) is 0. The molecule has 0 unspecified atom stereocenters. The molecule has 1 aromatic carbocycles. The van der Waals surface area contributed by atoms with Crippen molar-refractivity contribution in [2.45, 2.75) is 6.42 Å². The summed E-state index contributed by atoms with van der Waals surface area (Å²) >= 11 is 2.41. The van der Waals surface area contributed by atoms with E-state index in [2.05, 4.69) is 88.4 Å². The van der Waals surface area contributed by atoms with Crippen molar-refractivity contribution >= 4 is 33.5 Å². The van der Waals surface area contributed by atoms with E-state index in [4.69, 9.17) is 0 Å². The predicted molar refractivity (Wildman–Crippen MR) is 83.9 cm³/mol. The number of para-hydroxylation sites is 1. The maximum atomic E-state index is 2.41. The van der Waals surface area contributed by atoms with Gasteiger partial charge in [0.2, 0.25) is 0 Å². The summed E-state index contributed by atoms with van der Waals surface area (Å²) in [6, 6.07) is 13.0. The molecule has 0 fully saturated rings. The van der Waals surface area contributed by atoms with Crippen LogP contribution in [-0.2, 0) is 20.5 Å². The average Bonchev–Trinajstić information content (AvgIpc) is 2.87. The van der Waals surface area contributed by atoms with Gasteiger partial charge < -0.3 is 9.13 Å². The molecule has 0 saturated heterocycles. The third-order valence-corrected chi connectivity index (χ3v) is 4.39. The number of rotatable bonds is 2. The van der Waals surface area contributed by atoms with Crippen LogP contribution in [-0.4, -0.2) is 9.13 Å². The van der Waals surface area contributed by atoms with E-state index in [1.165, 1.54) is 25.9 Å². The summed E-state index contributed by atoms with van der Waals surface area (Å²) in [6.45, 7) is 0. The van der Waals surface area contributed by atoms with Gasteiger partial charge in [-0.3, -0.25) is 0 Å². The molecule has 2 aromatic heterocycles. The van der Waals surface area contributed by atoms with Crippen molar-refractivity contribution in [2.75, 3.05) is 0 Å². The minimum atomic E-state index is 0.977. The van der Waals surface area contributed by atoms with Crippen LogP contribution in [0.4, 0.5) is 0 Å². The fourth-order valence-electron chi connectivity index (χ4n) is 2.46. The van der Waals surface area contributed by atoms with Crippen molar-refractivity contribution in [3.63, 3.8) is 0 Å². The van der Waals surface area contributed by atoms with Crippen molar-refractivity contribution in [1.29, 1.82) is 0 Å². The Labute approximate surface area is 120 Å². The van der Waals surface area contributed by atoms with Gasteiger partial charge in [0.15, 0.2) is 0 Å². The van der Waals surface area contributed by atoms with Gasteiger partial charge in [0.05, 0.1) is 5.52 Å². The summed E-state index contributed by atoms with van der Waals surface area (Å²) < 4.78 is 5.80. The zero-order valence-electron chi connectivity index (χ0n) is 10.5. The standard InChI is InChI=1S/C15H15IN2/c1-17-8-4-6-12(17)10-13-9-11-5-3-7-14(16)15(11)18(13)2/h3-9H,10H2,1-2H3. The Bertz CT molecular complexity index is 706. The smallest absolute Gasteiger partial charge is 0.0615 e. The minimum absolute atomic E-state index is 0.977. The van der Waals surface area contributed by atoms with Crippen LogP contribution in [0.25, 0.3) is 10.9 Å². The molecule has 92 valence electrons. The first-order chi connectivity index (χ1) is 8.66. The van der Waals surface area contributed by atoms with Crippen LogP contribution in [0.3, 0.4) is 0 Å².